The summed E-state index contributed by atoms with van der Waals surface area (Å²) in [5.41, 5.74) is 2.17. The van der Waals surface area contributed by atoms with Gasteiger partial charge < -0.3 is 0 Å². The summed E-state index contributed by atoms with van der Waals surface area (Å²) < 4.78 is 41.2. The molecule has 1 aromatic heterocycles. The van der Waals surface area contributed by atoms with Gasteiger partial charge in [0, 0.05) is 23.3 Å². The maximum absolute atomic E-state index is 13.2. The molecule has 0 aliphatic carbocycles. The monoisotopic (exact) mass is 403 g/mol. The Kier molecular flexibility index (Phi) is 4.71. The molecule has 0 atom stereocenters. The van der Waals surface area contributed by atoms with E-state index in [0.29, 0.717) is 16.8 Å². The molecule has 0 aliphatic heterocycles. The number of benzene rings is 3. The minimum absolute atomic E-state index is 0.0497. The van der Waals surface area contributed by atoms with E-state index in [-0.39, 0.29) is 4.90 Å². The third-order valence-corrected chi connectivity index (χ3v) is 5.91. The Hall–Kier alpha value is -3.76. The smallest absolute Gasteiger partial charge is 0.261 e. The van der Waals surface area contributed by atoms with Crippen LogP contribution in [0.25, 0.3) is 21.9 Å². The number of nitrogens with zero attached hydrogens (tertiary/aromatic N) is 2. The molecule has 4 rings (SSSR count). The van der Waals surface area contributed by atoms with Gasteiger partial charge in [0.25, 0.3) is 10.0 Å². The highest BCUT2D eigenvalue weighted by Crippen LogP contribution is 2.35. The van der Waals surface area contributed by atoms with Crippen molar-refractivity contribution in [2.45, 2.75) is 4.90 Å². The molecule has 0 fully saturated rings. The molecule has 5 nitrogen and oxygen atoms in total. The Balaban J connectivity index is 1.84. The van der Waals surface area contributed by atoms with Crippen molar-refractivity contribution in [3.8, 4) is 17.2 Å². The summed E-state index contributed by atoms with van der Waals surface area (Å²) in [5, 5.41) is 10.9. The molecular formula is C22H14FN3O2S. The van der Waals surface area contributed by atoms with Crippen LogP contribution in [0.3, 0.4) is 0 Å². The Morgan fingerprint density at radius 2 is 1.62 bits per heavy atom. The third kappa shape index (κ3) is 3.53. The van der Waals surface area contributed by atoms with Crippen molar-refractivity contribution in [2.24, 2.45) is 0 Å². The SMILES string of the molecule is N#Cc1ccc(-c2cnccc2NS(=O)(=O)c2ccc(F)cc2)c2ccccc12. The molecule has 1 heterocycles. The summed E-state index contributed by atoms with van der Waals surface area (Å²) >= 11 is 0. The van der Waals surface area contributed by atoms with Gasteiger partial charge in [0.15, 0.2) is 0 Å². The molecule has 0 bridgehead atoms. The molecule has 0 radical (unpaired) electrons. The van der Waals surface area contributed by atoms with Crippen LogP contribution in [0.5, 0.6) is 0 Å². The zero-order chi connectivity index (χ0) is 20.4. The van der Waals surface area contributed by atoms with Crippen molar-refractivity contribution in [1.29, 1.82) is 5.26 Å². The Morgan fingerprint density at radius 1 is 0.897 bits per heavy atom. The van der Waals surface area contributed by atoms with Gasteiger partial charge in [-0.25, -0.2) is 12.8 Å². The van der Waals surface area contributed by atoms with Gasteiger partial charge in [-0.3, -0.25) is 9.71 Å². The van der Waals surface area contributed by atoms with E-state index < -0.39 is 15.8 Å². The van der Waals surface area contributed by atoms with E-state index in [4.69, 9.17) is 0 Å². The molecule has 142 valence electrons. The third-order valence-electron chi connectivity index (χ3n) is 4.52. The number of pyridine rings is 1. The molecule has 4 aromatic rings. The fraction of sp³-hybridized carbons (Fsp3) is 0. The van der Waals surface area contributed by atoms with Crippen molar-refractivity contribution < 1.29 is 12.8 Å². The summed E-state index contributed by atoms with van der Waals surface area (Å²) in [4.78, 5) is 4.09. The number of hydrogen-bond donors (Lipinski definition) is 1. The molecule has 3 aromatic carbocycles. The maximum atomic E-state index is 13.2. The van der Waals surface area contributed by atoms with Gasteiger partial charge in [-0.1, -0.05) is 30.3 Å². The first-order valence-electron chi connectivity index (χ1n) is 8.64. The lowest BCUT2D eigenvalue weighted by Gasteiger charge is -2.14. The number of anilines is 1. The van der Waals surface area contributed by atoms with Crippen LogP contribution < -0.4 is 4.72 Å². The summed E-state index contributed by atoms with van der Waals surface area (Å²) in [6.45, 7) is 0. The van der Waals surface area contributed by atoms with Crippen molar-refractivity contribution in [2.75, 3.05) is 4.72 Å². The van der Waals surface area contributed by atoms with Crippen LogP contribution in [-0.4, -0.2) is 13.4 Å². The van der Waals surface area contributed by atoms with Crippen LogP contribution in [0.1, 0.15) is 5.56 Å². The second kappa shape index (κ2) is 7.34. The lowest BCUT2D eigenvalue weighted by molar-refractivity contribution is 0.599. The summed E-state index contributed by atoms with van der Waals surface area (Å²) in [5.74, 6) is -0.516. The molecule has 1 N–H and O–H groups in total. The van der Waals surface area contributed by atoms with Crippen LogP contribution in [0, 0.1) is 17.1 Å². The average molecular weight is 403 g/mol. The van der Waals surface area contributed by atoms with Crippen LogP contribution in [-0.2, 0) is 10.0 Å². The summed E-state index contributed by atoms with van der Waals surface area (Å²) in [7, 11) is -3.92. The van der Waals surface area contributed by atoms with Gasteiger partial charge in [0.2, 0.25) is 0 Å². The highest BCUT2D eigenvalue weighted by atomic mass is 32.2. The first-order valence-corrected chi connectivity index (χ1v) is 10.1. The van der Waals surface area contributed by atoms with Crippen molar-refractivity contribution >= 4 is 26.5 Å². The Bertz CT molecular complexity index is 1360. The molecular weight excluding hydrogens is 389 g/mol. The van der Waals surface area contributed by atoms with E-state index in [1.54, 1.807) is 24.4 Å². The second-order valence-electron chi connectivity index (χ2n) is 6.30. The first kappa shape index (κ1) is 18.6. The molecule has 29 heavy (non-hydrogen) atoms. The zero-order valence-electron chi connectivity index (χ0n) is 15.0. The molecule has 0 spiro atoms. The minimum atomic E-state index is -3.92. The Labute approximate surface area is 167 Å². The number of rotatable bonds is 4. The van der Waals surface area contributed by atoms with Gasteiger partial charge in [-0.2, -0.15) is 5.26 Å². The van der Waals surface area contributed by atoms with Crippen molar-refractivity contribution in [3.63, 3.8) is 0 Å². The number of nitriles is 1. The second-order valence-corrected chi connectivity index (χ2v) is 7.98. The first-order chi connectivity index (χ1) is 14.0. The fourth-order valence-corrected chi connectivity index (χ4v) is 4.23. The number of halogens is 1. The lowest BCUT2D eigenvalue weighted by atomic mass is 9.95. The molecule has 0 unspecified atom stereocenters. The largest absolute Gasteiger partial charge is 0.279 e. The minimum Gasteiger partial charge on any atom is -0.279 e. The topological polar surface area (TPSA) is 82.8 Å². The van der Waals surface area contributed by atoms with Gasteiger partial charge in [0.1, 0.15) is 5.82 Å². The quantitative estimate of drug-likeness (QED) is 0.535. The zero-order valence-corrected chi connectivity index (χ0v) is 15.8. The van der Waals surface area contributed by atoms with Gasteiger partial charge in [-0.05, 0) is 47.3 Å². The number of nitrogens with one attached hydrogen (secondary N) is 1. The van der Waals surface area contributed by atoms with Crippen LogP contribution in [0.15, 0.2) is 84.0 Å². The van der Waals surface area contributed by atoms with Gasteiger partial charge >= 0.3 is 0 Å². The van der Waals surface area contributed by atoms with Crippen LogP contribution in [0.4, 0.5) is 10.1 Å². The number of hydrogen-bond acceptors (Lipinski definition) is 4. The van der Waals surface area contributed by atoms with Crippen molar-refractivity contribution in [3.05, 3.63) is 90.5 Å². The number of aromatic nitrogens is 1. The predicted octanol–water partition coefficient (Wildman–Crippen LogP) is 4.71. The van der Waals surface area contributed by atoms with E-state index in [2.05, 4.69) is 15.8 Å². The van der Waals surface area contributed by atoms with E-state index in [1.165, 1.54) is 18.3 Å². The van der Waals surface area contributed by atoms with Gasteiger partial charge in [-0.15, -0.1) is 0 Å². The molecule has 0 saturated carbocycles. The summed E-state index contributed by atoms with van der Waals surface area (Å²) in [6.07, 6.45) is 3.05. The lowest BCUT2D eigenvalue weighted by Crippen LogP contribution is -2.13. The maximum Gasteiger partial charge on any atom is 0.261 e. The molecule has 0 amide bonds. The van der Waals surface area contributed by atoms with E-state index in [9.17, 15) is 18.1 Å². The molecule has 0 saturated heterocycles. The predicted molar refractivity (Wildman–Crippen MR) is 109 cm³/mol. The number of fused-ring (bicyclic) bond motifs is 1. The van der Waals surface area contributed by atoms with Crippen molar-refractivity contribution in [1.82, 2.24) is 4.98 Å². The average Bonchev–Trinajstić information content (AvgIpc) is 2.73. The number of sulfonamides is 1. The fourth-order valence-electron chi connectivity index (χ4n) is 3.15. The van der Waals surface area contributed by atoms with E-state index >= 15 is 0 Å². The van der Waals surface area contributed by atoms with Crippen LogP contribution in [0.2, 0.25) is 0 Å². The Morgan fingerprint density at radius 3 is 2.34 bits per heavy atom. The highest BCUT2D eigenvalue weighted by Gasteiger charge is 2.18. The van der Waals surface area contributed by atoms with Crippen LogP contribution >= 0.6 is 0 Å². The molecule has 7 heteroatoms. The normalized spacial score (nSPS) is 11.2. The summed E-state index contributed by atoms with van der Waals surface area (Å²) in [6, 6.07) is 19.2. The van der Waals surface area contributed by atoms with E-state index in [1.807, 2.05) is 24.3 Å². The van der Waals surface area contributed by atoms with Gasteiger partial charge in [0.05, 0.1) is 22.2 Å². The van der Waals surface area contributed by atoms with E-state index in [0.717, 1.165) is 28.5 Å². The molecule has 0 aliphatic rings. The standard InChI is InChI=1S/C22H14FN3O2S/c23-16-6-8-17(9-7-16)29(27,28)26-22-11-12-25-14-21(22)20-10-5-15(13-24)18-3-1-2-4-19(18)20/h1-12,14H,(H,25,26). The highest BCUT2D eigenvalue weighted by molar-refractivity contribution is 7.92.